The first-order valence-corrected chi connectivity index (χ1v) is 6.16. The van der Waals surface area contributed by atoms with E-state index < -0.39 is 0 Å². The summed E-state index contributed by atoms with van der Waals surface area (Å²) in [5, 5.41) is 9.01. The molecule has 0 spiro atoms. The molecule has 0 amide bonds. The van der Waals surface area contributed by atoms with Gasteiger partial charge in [0.2, 0.25) is 0 Å². The summed E-state index contributed by atoms with van der Waals surface area (Å²) >= 11 is 0. The lowest BCUT2D eigenvalue weighted by Gasteiger charge is -2.06. The van der Waals surface area contributed by atoms with E-state index in [-0.39, 0.29) is 6.10 Å². The molecule has 0 aromatic heterocycles. The van der Waals surface area contributed by atoms with E-state index in [1.54, 1.807) is 6.92 Å². The van der Waals surface area contributed by atoms with E-state index in [4.69, 9.17) is 14.6 Å². The molecule has 1 unspecified atom stereocenters. The highest BCUT2D eigenvalue weighted by molar-refractivity contribution is 5.13. The first-order chi connectivity index (χ1) is 8.29. The van der Waals surface area contributed by atoms with Gasteiger partial charge in [0.25, 0.3) is 0 Å². The molecule has 1 N–H and O–H groups in total. The lowest BCUT2D eigenvalue weighted by molar-refractivity contribution is 0.0602. The maximum Gasteiger partial charge on any atom is 0.0716 e. The van der Waals surface area contributed by atoms with Gasteiger partial charge in [0.15, 0.2) is 0 Å². The minimum absolute atomic E-state index is 0.274. The van der Waals surface area contributed by atoms with Crippen molar-refractivity contribution in [2.45, 2.75) is 32.5 Å². The Bertz CT molecular complexity index is 272. The summed E-state index contributed by atoms with van der Waals surface area (Å²) in [6.45, 7) is 4.46. The van der Waals surface area contributed by atoms with Crippen molar-refractivity contribution < 1.29 is 14.6 Å². The first kappa shape index (κ1) is 14.2. The number of hydrogen-bond donors (Lipinski definition) is 1. The van der Waals surface area contributed by atoms with Crippen LogP contribution in [-0.2, 0) is 16.1 Å². The number of ether oxygens (including phenoxy) is 2. The second-order valence-electron chi connectivity index (χ2n) is 4.14. The van der Waals surface area contributed by atoms with Crippen LogP contribution in [0.3, 0.4) is 0 Å². The Kier molecular flexibility index (Phi) is 7.63. The van der Waals surface area contributed by atoms with Crippen molar-refractivity contribution in [2.75, 3.05) is 19.8 Å². The van der Waals surface area contributed by atoms with Gasteiger partial charge in [-0.1, -0.05) is 30.3 Å². The van der Waals surface area contributed by atoms with Crippen molar-refractivity contribution in [1.29, 1.82) is 0 Å². The molecule has 0 aliphatic rings. The Morgan fingerprint density at radius 3 is 2.47 bits per heavy atom. The molecule has 1 rings (SSSR count). The molecule has 0 saturated heterocycles. The molecule has 0 saturated carbocycles. The number of hydrogen-bond acceptors (Lipinski definition) is 3. The minimum Gasteiger partial charge on any atom is -0.393 e. The predicted molar refractivity (Wildman–Crippen MR) is 67.8 cm³/mol. The van der Waals surface area contributed by atoms with E-state index >= 15 is 0 Å². The predicted octanol–water partition coefficient (Wildman–Crippen LogP) is 2.38. The van der Waals surface area contributed by atoms with Crippen molar-refractivity contribution in [2.24, 2.45) is 0 Å². The Morgan fingerprint density at radius 2 is 1.76 bits per heavy atom. The summed E-state index contributed by atoms with van der Waals surface area (Å²) in [7, 11) is 0. The van der Waals surface area contributed by atoms with Crippen LogP contribution in [0.15, 0.2) is 30.3 Å². The zero-order valence-corrected chi connectivity index (χ0v) is 10.5. The molecule has 17 heavy (non-hydrogen) atoms. The van der Waals surface area contributed by atoms with E-state index in [1.807, 2.05) is 18.2 Å². The van der Waals surface area contributed by atoms with Crippen molar-refractivity contribution in [3.8, 4) is 0 Å². The van der Waals surface area contributed by atoms with Crippen LogP contribution in [0.25, 0.3) is 0 Å². The van der Waals surface area contributed by atoms with Crippen LogP contribution in [0.4, 0.5) is 0 Å². The highest BCUT2D eigenvalue weighted by Crippen LogP contribution is 2.00. The van der Waals surface area contributed by atoms with E-state index in [2.05, 4.69) is 12.1 Å². The van der Waals surface area contributed by atoms with E-state index in [9.17, 15) is 0 Å². The summed E-state index contributed by atoms with van der Waals surface area (Å²) in [5.41, 5.74) is 1.20. The molecule has 0 aliphatic heterocycles. The maximum atomic E-state index is 9.01. The Balaban J connectivity index is 1.88. The molecule has 0 aliphatic carbocycles. The molecule has 3 heteroatoms. The zero-order chi connectivity index (χ0) is 12.3. The second kappa shape index (κ2) is 9.16. The third kappa shape index (κ3) is 7.91. The number of aliphatic hydroxyl groups excluding tert-OH is 1. The molecule has 0 fully saturated rings. The number of benzene rings is 1. The van der Waals surface area contributed by atoms with Crippen LogP contribution in [0.5, 0.6) is 0 Å². The fourth-order valence-electron chi connectivity index (χ4n) is 1.38. The SMILES string of the molecule is CC(O)CCOCCCOCc1ccccc1. The Hall–Kier alpha value is -0.900. The summed E-state index contributed by atoms with van der Waals surface area (Å²) in [4.78, 5) is 0. The van der Waals surface area contributed by atoms with Gasteiger partial charge in [-0.05, 0) is 25.3 Å². The molecule has 1 aromatic rings. The number of rotatable bonds is 9. The lowest BCUT2D eigenvalue weighted by Crippen LogP contribution is -2.07. The quantitative estimate of drug-likeness (QED) is 0.671. The fourth-order valence-corrected chi connectivity index (χ4v) is 1.38. The standard InChI is InChI=1S/C14H22O3/c1-13(15)8-11-16-9-5-10-17-12-14-6-3-2-4-7-14/h2-4,6-7,13,15H,5,8-12H2,1H3. The third-order valence-corrected chi connectivity index (χ3v) is 2.37. The molecular formula is C14H22O3. The topological polar surface area (TPSA) is 38.7 Å². The molecule has 3 nitrogen and oxygen atoms in total. The van der Waals surface area contributed by atoms with Gasteiger partial charge in [-0.25, -0.2) is 0 Å². The summed E-state index contributed by atoms with van der Waals surface area (Å²) in [5.74, 6) is 0. The highest BCUT2D eigenvalue weighted by Gasteiger charge is 1.96. The van der Waals surface area contributed by atoms with Gasteiger partial charge >= 0.3 is 0 Å². The van der Waals surface area contributed by atoms with E-state index in [1.165, 1.54) is 5.56 Å². The van der Waals surface area contributed by atoms with Gasteiger partial charge in [-0.15, -0.1) is 0 Å². The van der Waals surface area contributed by atoms with Gasteiger partial charge in [-0.3, -0.25) is 0 Å². The van der Waals surface area contributed by atoms with Crippen molar-refractivity contribution in [3.63, 3.8) is 0 Å². The third-order valence-electron chi connectivity index (χ3n) is 2.37. The van der Waals surface area contributed by atoms with Gasteiger partial charge in [0.1, 0.15) is 0 Å². The van der Waals surface area contributed by atoms with Crippen LogP contribution < -0.4 is 0 Å². The normalized spacial score (nSPS) is 12.6. The van der Waals surface area contributed by atoms with Crippen LogP contribution >= 0.6 is 0 Å². The summed E-state index contributed by atoms with van der Waals surface area (Å²) < 4.78 is 10.9. The maximum absolute atomic E-state index is 9.01. The molecule has 0 heterocycles. The molecular weight excluding hydrogens is 216 g/mol. The van der Waals surface area contributed by atoms with Crippen molar-refractivity contribution in [1.82, 2.24) is 0 Å². The van der Waals surface area contributed by atoms with Gasteiger partial charge in [-0.2, -0.15) is 0 Å². The monoisotopic (exact) mass is 238 g/mol. The second-order valence-corrected chi connectivity index (χ2v) is 4.14. The molecule has 1 aromatic carbocycles. The minimum atomic E-state index is -0.274. The van der Waals surface area contributed by atoms with Crippen LogP contribution in [0, 0.1) is 0 Å². The van der Waals surface area contributed by atoms with Crippen LogP contribution in [0.1, 0.15) is 25.3 Å². The van der Waals surface area contributed by atoms with Crippen LogP contribution in [-0.4, -0.2) is 31.0 Å². The first-order valence-electron chi connectivity index (χ1n) is 6.16. The molecule has 0 bridgehead atoms. The summed E-state index contributed by atoms with van der Waals surface area (Å²) in [6.07, 6.45) is 1.32. The Morgan fingerprint density at radius 1 is 1.06 bits per heavy atom. The van der Waals surface area contributed by atoms with Crippen molar-refractivity contribution in [3.05, 3.63) is 35.9 Å². The smallest absolute Gasteiger partial charge is 0.0716 e. The fraction of sp³-hybridized carbons (Fsp3) is 0.571. The average Bonchev–Trinajstić information content (AvgIpc) is 2.33. The van der Waals surface area contributed by atoms with Gasteiger partial charge in [0.05, 0.1) is 12.7 Å². The molecule has 0 radical (unpaired) electrons. The van der Waals surface area contributed by atoms with Crippen LogP contribution in [0.2, 0.25) is 0 Å². The van der Waals surface area contributed by atoms with E-state index in [0.717, 1.165) is 6.42 Å². The molecule has 96 valence electrons. The lowest BCUT2D eigenvalue weighted by atomic mass is 10.2. The van der Waals surface area contributed by atoms with E-state index in [0.29, 0.717) is 32.8 Å². The summed E-state index contributed by atoms with van der Waals surface area (Å²) in [6, 6.07) is 10.1. The largest absolute Gasteiger partial charge is 0.393 e. The zero-order valence-electron chi connectivity index (χ0n) is 10.5. The average molecular weight is 238 g/mol. The molecule has 1 atom stereocenters. The van der Waals surface area contributed by atoms with Gasteiger partial charge in [0, 0.05) is 19.8 Å². The Labute approximate surface area is 103 Å². The van der Waals surface area contributed by atoms with Gasteiger partial charge < -0.3 is 14.6 Å². The van der Waals surface area contributed by atoms with Crippen molar-refractivity contribution >= 4 is 0 Å². The highest BCUT2D eigenvalue weighted by atomic mass is 16.5. The number of aliphatic hydroxyl groups is 1.